The number of rotatable bonds is 3. The molecular formula is C11H20N3O7P. The summed E-state index contributed by atoms with van der Waals surface area (Å²) in [4.78, 5) is 32.9. The van der Waals surface area contributed by atoms with Gasteiger partial charge in [-0.1, -0.05) is 0 Å². The molecule has 2 rings (SSSR count). The fourth-order valence-corrected chi connectivity index (χ4v) is 1.85. The Hall–Kier alpha value is -1.13. The minimum absolute atomic E-state index is 0.205. The van der Waals surface area contributed by atoms with Crippen LogP contribution in [0, 0.1) is 6.92 Å². The summed E-state index contributed by atoms with van der Waals surface area (Å²) < 4.78 is 10.7. The molecule has 1 aromatic rings. The molecule has 0 aliphatic carbocycles. The van der Waals surface area contributed by atoms with Gasteiger partial charge in [-0.3, -0.25) is 19.8 Å². The predicted molar refractivity (Wildman–Crippen MR) is 78.0 cm³/mol. The van der Waals surface area contributed by atoms with Crippen LogP contribution in [0.25, 0.3) is 0 Å². The summed E-state index contributed by atoms with van der Waals surface area (Å²) >= 11 is 0. The molecule has 1 fully saturated rings. The molecule has 11 heteroatoms. The fraction of sp³-hybridized carbons (Fsp3) is 0.636. The van der Waals surface area contributed by atoms with E-state index >= 15 is 0 Å². The highest BCUT2D eigenvalue weighted by molar-refractivity contribution is 7.43. The second kappa shape index (κ2) is 8.49. The fourth-order valence-electron chi connectivity index (χ4n) is 1.85. The van der Waals surface area contributed by atoms with E-state index in [1.807, 2.05) is 0 Å². The van der Waals surface area contributed by atoms with Crippen molar-refractivity contribution in [1.29, 1.82) is 0 Å². The van der Waals surface area contributed by atoms with Gasteiger partial charge in [0.15, 0.2) is 0 Å². The smallest absolute Gasteiger partial charge is 0.330 e. The van der Waals surface area contributed by atoms with Crippen LogP contribution in [0.2, 0.25) is 0 Å². The number of nitrogens with zero attached hydrogens (tertiary/aromatic N) is 1. The van der Waals surface area contributed by atoms with Crippen molar-refractivity contribution in [2.24, 2.45) is 5.50 Å². The number of aliphatic hydroxyl groups excluding tert-OH is 2. The predicted octanol–water partition coefficient (Wildman–Crippen LogP) is -1.70. The molecule has 1 saturated heterocycles. The second-order valence-corrected chi connectivity index (χ2v) is 5.55. The third-order valence-electron chi connectivity index (χ3n) is 3.03. The summed E-state index contributed by atoms with van der Waals surface area (Å²) in [5, 5.41) is 18.5. The van der Waals surface area contributed by atoms with Crippen molar-refractivity contribution < 1.29 is 24.4 Å². The third-order valence-corrected chi connectivity index (χ3v) is 3.40. The zero-order chi connectivity index (χ0) is 16.9. The van der Waals surface area contributed by atoms with E-state index in [0.717, 1.165) is 0 Å². The topological polar surface area (TPSA) is 160 Å². The molecule has 0 radical (unpaired) electrons. The number of aromatic amines is 1. The van der Waals surface area contributed by atoms with Crippen molar-refractivity contribution >= 4 is 8.53 Å². The Morgan fingerprint density at radius 1 is 1.59 bits per heavy atom. The van der Waals surface area contributed by atoms with E-state index in [4.69, 9.17) is 14.7 Å². The molecule has 6 N–H and O–H groups in total. The highest BCUT2D eigenvalue weighted by atomic mass is 31.2. The van der Waals surface area contributed by atoms with Gasteiger partial charge in [-0.25, -0.2) is 4.79 Å². The first-order valence-corrected chi connectivity index (χ1v) is 7.62. The van der Waals surface area contributed by atoms with Gasteiger partial charge >= 0.3 is 5.69 Å². The standard InChI is InChI=1S/C10H14N2O5.CH6NO2P/c1-5-3-12(10(16)11-9(5)15)8-2-6(14)7(4-13)17-8;1-4-5(2)3/h3,6-8,13-14H,2,4H2,1H3,(H,11,15,16);3H,2H2,1H3/t6-,7+,8+;/m0./s1. The van der Waals surface area contributed by atoms with E-state index < -0.39 is 38.2 Å². The molecule has 0 aromatic carbocycles. The molecule has 1 unspecified atom stereocenters. The van der Waals surface area contributed by atoms with Gasteiger partial charge in [0.1, 0.15) is 12.3 Å². The van der Waals surface area contributed by atoms with Crippen molar-refractivity contribution in [3.63, 3.8) is 0 Å². The van der Waals surface area contributed by atoms with E-state index in [-0.39, 0.29) is 13.0 Å². The Morgan fingerprint density at radius 2 is 2.18 bits per heavy atom. The number of hydrogen-bond donors (Lipinski definition) is 5. The van der Waals surface area contributed by atoms with Crippen LogP contribution in [0.3, 0.4) is 0 Å². The lowest BCUT2D eigenvalue weighted by Gasteiger charge is -2.14. The minimum Gasteiger partial charge on any atom is -0.394 e. The maximum atomic E-state index is 11.6. The molecule has 0 saturated carbocycles. The van der Waals surface area contributed by atoms with Crippen LogP contribution in [-0.2, 0) is 9.26 Å². The largest absolute Gasteiger partial charge is 0.394 e. The quantitative estimate of drug-likeness (QED) is 0.408. The zero-order valence-corrected chi connectivity index (χ0v) is 13.1. The van der Waals surface area contributed by atoms with Crippen molar-refractivity contribution in [3.8, 4) is 0 Å². The van der Waals surface area contributed by atoms with Crippen molar-refractivity contribution in [1.82, 2.24) is 9.55 Å². The van der Waals surface area contributed by atoms with Gasteiger partial charge in [-0.05, 0) is 6.92 Å². The molecule has 0 bridgehead atoms. The first-order chi connectivity index (χ1) is 10.3. The number of nitrogens with two attached hydrogens (primary N) is 1. The highest BCUT2D eigenvalue weighted by Crippen LogP contribution is 2.27. The number of H-pyrrole nitrogens is 1. The Morgan fingerprint density at radius 3 is 2.64 bits per heavy atom. The van der Waals surface area contributed by atoms with Gasteiger partial charge in [0.2, 0.25) is 8.53 Å². The summed E-state index contributed by atoms with van der Waals surface area (Å²) in [5.41, 5.74) is 4.05. The number of aryl methyl sites for hydroxylation is 1. The SMILES string of the molecule is COP(N)O.Cc1cn([C@H]2C[C@H](O)[C@@H](CO)O2)c(=O)[nH]c1=O. The first-order valence-electron chi connectivity index (χ1n) is 6.34. The molecule has 10 nitrogen and oxygen atoms in total. The molecule has 2 heterocycles. The number of aromatic nitrogens is 2. The molecule has 1 aliphatic heterocycles. The van der Waals surface area contributed by atoms with Gasteiger partial charge in [-0.2, -0.15) is 0 Å². The maximum absolute atomic E-state index is 11.6. The Bertz CT molecular complexity index is 588. The van der Waals surface area contributed by atoms with E-state index in [1.165, 1.54) is 17.9 Å². The number of ether oxygens (including phenoxy) is 1. The average Bonchev–Trinajstić information content (AvgIpc) is 2.84. The van der Waals surface area contributed by atoms with Crippen molar-refractivity contribution in [2.75, 3.05) is 13.7 Å². The van der Waals surface area contributed by atoms with Crippen molar-refractivity contribution in [2.45, 2.75) is 31.8 Å². The van der Waals surface area contributed by atoms with Crippen LogP contribution < -0.4 is 16.8 Å². The number of nitrogens with one attached hydrogen (secondary N) is 1. The molecule has 22 heavy (non-hydrogen) atoms. The van der Waals surface area contributed by atoms with Gasteiger partial charge in [-0.15, -0.1) is 0 Å². The zero-order valence-electron chi connectivity index (χ0n) is 12.2. The molecule has 0 spiro atoms. The number of hydrogen-bond acceptors (Lipinski definition) is 8. The van der Waals surface area contributed by atoms with Crippen molar-refractivity contribution in [3.05, 3.63) is 32.6 Å². The van der Waals surface area contributed by atoms with Crippen LogP contribution in [0.5, 0.6) is 0 Å². The summed E-state index contributed by atoms with van der Waals surface area (Å²) in [5.74, 6) is 0. The summed E-state index contributed by atoms with van der Waals surface area (Å²) in [6.45, 7) is 1.26. The summed E-state index contributed by atoms with van der Waals surface area (Å²) in [7, 11) is -0.245. The van der Waals surface area contributed by atoms with Gasteiger partial charge in [0.05, 0.1) is 12.7 Å². The lowest BCUT2D eigenvalue weighted by Crippen LogP contribution is -2.33. The van der Waals surface area contributed by atoms with Crippen LogP contribution in [0.15, 0.2) is 15.8 Å². The minimum atomic E-state index is -1.60. The van der Waals surface area contributed by atoms with E-state index in [0.29, 0.717) is 5.56 Å². The van der Waals surface area contributed by atoms with E-state index in [1.54, 1.807) is 6.92 Å². The van der Waals surface area contributed by atoms with E-state index in [9.17, 15) is 14.7 Å². The molecule has 1 aromatic heterocycles. The molecule has 1 aliphatic rings. The van der Waals surface area contributed by atoms with E-state index in [2.05, 4.69) is 15.0 Å². The van der Waals surface area contributed by atoms with Gasteiger partial charge in [0, 0.05) is 25.3 Å². The second-order valence-electron chi connectivity index (χ2n) is 4.58. The lowest BCUT2D eigenvalue weighted by molar-refractivity contribution is -0.0459. The number of aliphatic hydroxyl groups is 2. The Balaban J connectivity index is 0.000000422. The van der Waals surface area contributed by atoms with Crippen LogP contribution in [0.4, 0.5) is 0 Å². The van der Waals surface area contributed by atoms with Gasteiger partial charge in [0.25, 0.3) is 5.56 Å². The Labute approximate surface area is 127 Å². The van der Waals surface area contributed by atoms with Gasteiger partial charge < -0.3 is 24.4 Å². The molecule has 126 valence electrons. The average molecular weight is 337 g/mol. The molecule has 4 atom stereocenters. The maximum Gasteiger partial charge on any atom is 0.330 e. The molecule has 0 amide bonds. The lowest BCUT2D eigenvalue weighted by atomic mass is 10.2. The van der Waals surface area contributed by atoms with Crippen LogP contribution in [0.1, 0.15) is 18.2 Å². The first kappa shape index (κ1) is 18.9. The Kier molecular flexibility index (Phi) is 7.30. The third kappa shape index (κ3) is 4.96. The normalized spacial score (nSPS) is 25.5. The molecular weight excluding hydrogens is 317 g/mol. The van der Waals surface area contributed by atoms with Crippen LogP contribution >= 0.6 is 8.53 Å². The van der Waals surface area contributed by atoms with Crippen LogP contribution in [-0.4, -0.2) is 50.6 Å². The monoisotopic (exact) mass is 337 g/mol. The highest BCUT2D eigenvalue weighted by Gasteiger charge is 2.34. The summed E-state index contributed by atoms with van der Waals surface area (Å²) in [6.07, 6.45) is -0.581. The summed E-state index contributed by atoms with van der Waals surface area (Å²) in [6, 6.07) is 0.